The van der Waals surface area contributed by atoms with E-state index in [4.69, 9.17) is 5.11 Å². The Labute approximate surface area is 45.1 Å². The third kappa shape index (κ3) is 5.75. The standard InChI is InChI=1S/C4H6F3O/c1-3(8)2-4(5,6)7/h3,8H,1-2H2. The van der Waals surface area contributed by atoms with Crippen molar-refractivity contribution in [2.45, 2.75) is 18.7 Å². The molecule has 0 bridgehead atoms. The quantitative estimate of drug-likeness (QED) is 0.559. The third-order valence-corrected chi connectivity index (χ3v) is 0.467. The summed E-state index contributed by atoms with van der Waals surface area (Å²) < 4.78 is 33.3. The Bertz CT molecular complexity index is 66.2. The Hall–Kier alpha value is -0.250. The molecule has 49 valence electrons. The molecule has 0 aliphatic rings. The highest BCUT2D eigenvalue weighted by atomic mass is 19.4. The highest BCUT2D eigenvalue weighted by Crippen LogP contribution is 2.20. The Morgan fingerprint density at radius 1 is 1.50 bits per heavy atom. The van der Waals surface area contributed by atoms with Crippen molar-refractivity contribution in [1.82, 2.24) is 0 Å². The Morgan fingerprint density at radius 3 is 1.88 bits per heavy atom. The molecule has 1 radical (unpaired) electrons. The van der Waals surface area contributed by atoms with Gasteiger partial charge in [0.15, 0.2) is 0 Å². The number of alkyl halides is 3. The fraction of sp³-hybridized carbons (Fsp3) is 0.750. The molecule has 1 N–H and O–H groups in total. The lowest BCUT2D eigenvalue weighted by Gasteiger charge is -2.06. The fourth-order valence-electron chi connectivity index (χ4n) is 0.267. The SMILES string of the molecule is [CH2]C(O)CC(F)(F)F. The van der Waals surface area contributed by atoms with Crippen LogP contribution < -0.4 is 0 Å². The van der Waals surface area contributed by atoms with Crippen molar-refractivity contribution in [3.63, 3.8) is 0 Å². The second-order valence-corrected chi connectivity index (χ2v) is 1.47. The summed E-state index contributed by atoms with van der Waals surface area (Å²) in [7, 11) is 0. The van der Waals surface area contributed by atoms with E-state index in [-0.39, 0.29) is 0 Å². The number of hydrogen-bond donors (Lipinski definition) is 1. The van der Waals surface area contributed by atoms with Crippen molar-refractivity contribution in [2.24, 2.45) is 0 Å². The van der Waals surface area contributed by atoms with Gasteiger partial charge >= 0.3 is 6.18 Å². The van der Waals surface area contributed by atoms with Gasteiger partial charge in [0.25, 0.3) is 0 Å². The van der Waals surface area contributed by atoms with Crippen molar-refractivity contribution in [1.29, 1.82) is 0 Å². The Balaban J connectivity index is 3.39. The maximum absolute atomic E-state index is 11.1. The molecule has 8 heavy (non-hydrogen) atoms. The zero-order valence-electron chi connectivity index (χ0n) is 4.07. The monoisotopic (exact) mass is 127 g/mol. The van der Waals surface area contributed by atoms with Crippen molar-refractivity contribution in [3.05, 3.63) is 6.92 Å². The van der Waals surface area contributed by atoms with Crippen LogP contribution in [0.25, 0.3) is 0 Å². The highest BCUT2D eigenvalue weighted by Gasteiger charge is 2.28. The van der Waals surface area contributed by atoms with Gasteiger partial charge in [-0.2, -0.15) is 13.2 Å². The van der Waals surface area contributed by atoms with E-state index in [0.717, 1.165) is 0 Å². The Kier molecular flexibility index (Phi) is 2.27. The summed E-state index contributed by atoms with van der Waals surface area (Å²) in [5.74, 6) is 0. The lowest BCUT2D eigenvalue weighted by atomic mass is 10.3. The van der Waals surface area contributed by atoms with Crippen LogP contribution in [0.3, 0.4) is 0 Å². The van der Waals surface area contributed by atoms with Gasteiger partial charge in [0, 0.05) is 0 Å². The second kappa shape index (κ2) is 2.35. The Morgan fingerprint density at radius 2 is 1.88 bits per heavy atom. The first kappa shape index (κ1) is 7.75. The largest absolute Gasteiger partial charge is 0.393 e. The molecule has 1 nitrogen and oxygen atoms in total. The summed E-state index contributed by atoms with van der Waals surface area (Å²) in [6.45, 7) is 2.76. The molecular weight excluding hydrogens is 121 g/mol. The van der Waals surface area contributed by atoms with Crippen LogP contribution in [0.5, 0.6) is 0 Å². The van der Waals surface area contributed by atoms with Gasteiger partial charge in [0.05, 0.1) is 12.5 Å². The van der Waals surface area contributed by atoms with Gasteiger partial charge in [-0.25, -0.2) is 0 Å². The molecule has 4 heteroatoms. The molecule has 0 aliphatic carbocycles. The zero-order valence-corrected chi connectivity index (χ0v) is 4.07. The van der Waals surface area contributed by atoms with Crippen molar-refractivity contribution in [3.8, 4) is 0 Å². The molecule has 0 aliphatic heterocycles. The molecule has 1 unspecified atom stereocenters. The number of aliphatic hydroxyl groups excluding tert-OH is 1. The smallest absolute Gasteiger partial charge is 0.391 e. The van der Waals surface area contributed by atoms with Crippen molar-refractivity contribution in [2.75, 3.05) is 0 Å². The summed E-state index contributed by atoms with van der Waals surface area (Å²) in [4.78, 5) is 0. The van der Waals surface area contributed by atoms with Crippen LogP contribution in [-0.4, -0.2) is 17.4 Å². The van der Waals surface area contributed by atoms with Crippen molar-refractivity contribution < 1.29 is 18.3 Å². The van der Waals surface area contributed by atoms with E-state index in [2.05, 4.69) is 6.92 Å². The fourth-order valence-corrected chi connectivity index (χ4v) is 0.267. The van der Waals surface area contributed by atoms with Crippen molar-refractivity contribution >= 4 is 0 Å². The van der Waals surface area contributed by atoms with Gasteiger partial charge in [0.1, 0.15) is 0 Å². The first-order valence-electron chi connectivity index (χ1n) is 2.00. The molecule has 0 aromatic rings. The van der Waals surface area contributed by atoms with Crippen LogP contribution >= 0.6 is 0 Å². The minimum Gasteiger partial charge on any atom is -0.393 e. The predicted molar refractivity (Wildman–Crippen MR) is 22.0 cm³/mol. The molecular formula is C4H6F3O. The molecule has 0 saturated carbocycles. The lowest BCUT2D eigenvalue weighted by Crippen LogP contribution is -2.16. The molecule has 0 heterocycles. The molecule has 0 saturated heterocycles. The van der Waals surface area contributed by atoms with Gasteiger partial charge in [-0.3, -0.25) is 0 Å². The summed E-state index contributed by atoms with van der Waals surface area (Å²) in [5, 5.41) is 8.06. The van der Waals surface area contributed by atoms with Gasteiger partial charge < -0.3 is 5.11 Å². The van der Waals surface area contributed by atoms with Crippen LogP contribution in [0, 0.1) is 6.92 Å². The molecule has 0 rings (SSSR count). The predicted octanol–water partition coefficient (Wildman–Crippen LogP) is 1.13. The molecule has 0 amide bonds. The van der Waals surface area contributed by atoms with Gasteiger partial charge in [-0.1, -0.05) is 0 Å². The summed E-state index contributed by atoms with van der Waals surface area (Å²) in [5.41, 5.74) is 0. The number of halogens is 3. The van der Waals surface area contributed by atoms with Gasteiger partial charge in [-0.05, 0) is 6.92 Å². The highest BCUT2D eigenvalue weighted by molar-refractivity contribution is 4.61. The average molecular weight is 127 g/mol. The molecule has 0 fully saturated rings. The molecule has 0 aromatic heterocycles. The van der Waals surface area contributed by atoms with Crippen LogP contribution in [-0.2, 0) is 0 Å². The summed E-state index contributed by atoms with van der Waals surface area (Å²) >= 11 is 0. The van der Waals surface area contributed by atoms with Gasteiger partial charge in [-0.15, -0.1) is 0 Å². The summed E-state index contributed by atoms with van der Waals surface area (Å²) in [6, 6.07) is 0. The first-order valence-corrected chi connectivity index (χ1v) is 2.00. The van der Waals surface area contributed by atoms with E-state index in [1.165, 1.54) is 0 Å². The maximum atomic E-state index is 11.1. The molecule has 1 atom stereocenters. The number of hydrogen-bond acceptors (Lipinski definition) is 1. The van der Waals surface area contributed by atoms with E-state index < -0.39 is 18.7 Å². The second-order valence-electron chi connectivity index (χ2n) is 1.47. The van der Waals surface area contributed by atoms with Crippen LogP contribution in [0.2, 0.25) is 0 Å². The van der Waals surface area contributed by atoms with E-state index in [1.54, 1.807) is 0 Å². The average Bonchev–Trinajstić information content (AvgIpc) is 1.21. The van der Waals surface area contributed by atoms with E-state index in [9.17, 15) is 13.2 Å². The first-order chi connectivity index (χ1) is 3.42. The summed E-state index contributed by atoms with van der Waals surface area (Å²) in [6.07, 6.45) is -7.05. The van der Waals surface area contributed by atoms with E-state index in [0.29, 0.717) is 0 Å². The minimum absolute atomic E-state index is 1.23. The van der Waals surface area contributed by atoms with Crippen LogP contribution in [0.4, 0.5) is 13.2 Å². The molecule has 0 aromatic carbocycles. The van der Waals surface area contributed by atoms with Crippen LogP contribution in [0.15, 0.2) is 0 Å². The molecule has 0 spiro atoms. The number of aliphatic hydroxyl groups is 1. The van der Waals surface area contributed by atoms with Gasteiger partial charge in [0.2, 0.25) is 0 Å². The van der Waals surface area contributed by atoms with E-state index in [1.807, 2.05) is 0 Å². The lowest BCUT2D eigenvalue weighted by molar-refractivity contribution is -0.148. The van der Waals surface area contributed by atoms with E-state index >= 15 is 0 Å². The van der Waals surface area contributed by atoms with Crippen LogP contribution in [0.1, 0.15) is 6.42 Å². The maximum Gasteiger partial charge on any atom is 0.391 e. The minimum atomic E-state index is -4.29. The topological polar surface area (TPSA) is 20.2 Å². The third-order valence-electron chi connectivity index (χ3n) is 0.467. The number of rotatable bonds is 1. The zero-order chi connectivity index (χ0) is 6.78. The normalized spacial score (nSPS) is 16.1.